The van der Waals surface area contributed by atoms with Crippen LogP contribution < -0.4 is 0 Å². The molecule has 0 saturated carbocycles. The van der Waals surface area contributed by atoms with Gasteiger partial charge >= 0.3 is 0 Å². The molecule has 40 heavy (non-hydrogen) atoms. The van der Waals surface area contributed by atoms with E-state index in [1.807, 2.05) is 54.7 Å². The summed E-state index contributed by atoms with van der Waals surface area (Å²) in [4.78, 5) is 8.97. The fourth-order valence-corrected chi connectivity index (χ4v) is 5.99. The first-order chi connectivity index (χ1) is 19.2. The van der Waals surface area contributed by atoms with E-state index in [1.165, 1.54) is 25.7 Å². The van der Waals surface area contributed by atoms with Crippen LogP contribution in [0, 0.1) is 19.1 Å². The molecule has 0 spiro atoms. The summed E-state index contributed by atoms with van der Waals surface area (Å²) < 4.78 is 8.74. The van der Waals surface area contributed by atoms with Gasteiger partial charge in [0.2, 0.25) is 0 Å². The molecule has 8 aromatic rings. The van der Waals surface area contributed by atoms with E-state index in [1.54, 1.807) is 17.5 Å². The van der Waals surface area contributed by atoms with Crippen LogP contribution in [-0.2, 0) is 20.1 Å². The molecule has 5 heteroatoms. The van der Waals surface area contributed by atoms with Crippen molar-refractivity contribution in [3.63, 3.8) is 0 Å². The smallest absolute Gasteiger partial charge is 0.121 e. The number of nitrogens with zero attached hydrogens (tertiary/aromatic N) is 2. The number of furan rings is 1. The Morgan fingerprint density at radius 1 is 0.675 bits per heavy atom. The normalized spacial score (nSPS) is 10.9. The summed E-state index contributed by atoms with van der Waals surface area (Å²) in [5.41, 5.74) is 6.78. The molecule has 0 saturated heterocycles. The Kier molecular flexibility index (Phi) is 7.27. The molecule has 0 atom stereocenters. The predicted molar refractivity (Wildman–Crippen MR) is 162 cm³/mol. The summed E-state index contributed by atoms with van der Waals surface area (Å²) >= 11 is 1.80. The monoisotopic (exact) mass is 711 g/mol. The molecule has 0 bridgehead atoms. The Balaban J connectivity index is 0.000000188. The number of aryl methyl sites for hydroxylation is 1. The molecule has 0 fully saturated rings. The molecule has 3 nitrogen and oxygen atoms in total. The number of thiophene rings is 1. The third-order valence-corrected chi connectivity index (χ3v) is 7.89. The van der Waals surface area contributed by atoms with E-state index in [2.05, 4.69) is 78.6 Å². The first-order valence-electron chi connectivity index (χ1n) is 12.7. The second kappa shape index (κ2) is 11.1. The maximum atomic E-state index is 6.22. The van der Waals surface area contributed by atoms with Crippen molar-refractivity contribution >= 4 is 53.4 Å². The topological polar surface area (TPSA) is 38.9 Å². The Morgan fingerprint density at radius 2 is 1.55 bits per heavy atom. The molecular weight excluding hydrogens is 689 g/mol. The SMILES string of the molecule is Cc1ccc2c(c1)oc1c(-c3cc4sc5ccccc5c4cn3)[c-]ccc12.[Ir].[c-]1ccccc1-c1ccccn1. The largest absolute Gasteiger partial charge is 0.501 e. The van der Waals surface area contributed by atoms with Gasteiger partial charge in [-0.2, -0.15) is 0 Å². The minimum Gasteiger partial charge on any atom is -0.501 e. The van der Waals surface area contributed by atoms with Crippen LogP contribution in [0.15, 0.2) is 120 Å². The molecule has 4 aromatic carbocycles. The van der Waals surface area contributed by atoms with E-state index < -0.39 is 0 Å². The van der Waals surface area contributed by atoms with Crippen LogP contribution in [0.3, 0.4) is 0 Å². The number of benzene rings is 4. The summed E-state index contributed by atoms with van der Waals surface area (Å²) in [5, 5.41) is 4.70. The van der Waals surface area contributed by atoms with Crippen LogP contribution in [0.25, 0.3) is 64.6 Å². The van der Waals surface area contributed by atoms with Gasteiger partial charge in [0.15, 0.2) is 0 Å². The quantitative estimate of drug-likeness (QED) is 0.168. The van der Waals surface area contributed by atoms with E-state index in [9.17, 15) is 0 Å². The average molecular weight is 711 g/mol. The van der Waals surface area contributed by atoms with Gasteiger partial charge in [-0.3, -0.25) is 0 Å². The van der Waals surface area contributed by atoms with Crippen LogP contribution in [0.4, 0.5) is 0 Å². The van der Waals surface area contributed by atoms with Gasteiger partial charge in [0.1, 0.15) is 5.58 Å². The summed E-state index contributed by atoms with van der Waals surface area (Å²) in [7, 11) is 0. The van der Waals surface area contributed by atoms with Gasteiger partial charge in [0, 0.05) is 58.1 Å². The molecule has 4 heterocycles. The van der Waals surface area contributed by atoms with Gasteiger partial charge in [-0.15, -0.1) is 65.4 Å². The molecule has 195 valence electrons. The number of aromatic nitrogens is 2. The third kappa shape index (κ3) is 4.84. The van der Waals surface area contributed by atoms with Crippen molar-refractivity contribution in [2.45, 2.75) is 6.92 Å². The maximum absolute atomic E-state index is 6.22. The van der Waals surface area contributed by atoms with E-state index in [0.717, 1.165) is 44.5 Å². The number of rotatable bonds is 2. The first kappa shape index (κ1) is 26.1. The van der Waals surface area contributed by atoms with Crippen molar-refractivity contribution in [3.05, 3.63) is 133 Å². The maximum Gasteiger partial charge on any atom is 0.121 e. The van der Waals surface area contributed by atoms with Crippen molar-refractivity contribution in [2.24, 2.45) is 0 Å². The Labute approximate surface area is 249 Å². The van der Waals surface area contributed by atoms with Gasteiger partial charge in [-0.1, -0.05) is 59.5 Å². The van der Waals surface area contributed by atoms with Crippen LogP contribution in [0.2, 0.25) is 0 Å². The summed E-state index contributed by atoms with van der Waals surface area (Å²) in [5.74, 6) is 0. The summed E-state index contributed by atoms with van der Waals surface area (Å²) in [6, 6.07) is 41.2. The van der Waals surface area contributed by atoms with Crippen LogP contribution >= 0.6 is 11.3 Å². The van der Waals surface area contributed by atoms with Crippen molar-refractivity contribution in [2.75, 3.05) is 0 Å². The second-order valence-corrected chi connectivity index (χ2v) is 10.4. The number of fused-ring (bicyclic) bond motifs is 6. The van der Waals surface area contributed by atoms with Gasteiger partial charge < -0.3 is 14.4 Å². The zero-order valence-corrected chi connectivity index (χ0v) is 24.7. The molecule has 0 unspecified atom stereocenters. The minimum atomic E-state index is 0. The number of hydrogen-bond donors (Lipinski definition) is 0. The van der Waals surface area contributed by atoms with Crippen molar-refractivity contribution in [1.29, 1.82) is 0 Å². The van der Waals surface area contributed by atoms with E-state index in [-0.39, 0.29) is 20.1 Å². The fraction of sp³-hybridized carbons (Fsp3) is 0.0286. The molecule has 0 aliphatic rings. The number of hydrogen-bond acceptors (Lipinski definition) is 4. The van der Waals surface area contributed by atoms with Gasteiger partial charge in [0.05, 0.1) is 5.58 Å². The molecule has 0 aliphatic carbocycles. The second-order valence-electron chi connectivity index (χ2n) is 9.35. The molecule has 4 aromatic heterocycles. The van der Waals surface area contributed by atoms with E-state index >= 15 is 0 Å². The summed E-state index contributed by atoms with van der Waals surface area (Å²) in [6.07, 6.45) is 3.76. The first-order valence-corrected chi connectivity index (χ1v) is 13.6. The van der Waals surface area contributed by atoms with Crippen LogP contribution in [0.1, 0.15) is 5.56 Å². The zero-order chi connectivity index (χ0) is 26.2. The van der Waals surface area contributed by atoms with Crippen LogP contribution in [-0.4, -0.2) is 9.97 Å². The standard InChI is InChI=1S/C24H14NOS.C11H8N.Ir/c1-14-9-10-15-17-6-4-7-18(24(17)26-21(15)11-14)20-12-23-19(13-25-20)16-5-2-3-8-22(16)27-23;1-2-6-10(7-3-1)11-8-4-5-9-12-11;/h2-6,8-13H,1H3;1-6,8-9H;/q2*-1;. The third-order valence-electron chi connectivity index (χ3n) is 6.76. The van der Waals surface area contributed by atoms with E-state index in [0.29, 0.717) is 0 Å². The average Bonchev–Trinajstić information content (AvgIpc) is 3.55. The van der Waals surface area contributed by atoms with Crippen molar-refractivity contribution in [1.82, 2.24) is 9.97 Å². The fourth-order valence-electron chi connectivity index (χ4n) is 4.87. The molecule has 1 radical (unpaired) electrons. The molecule has 0 amide bonds. The van der Waals surface area contributed by atoms with E-state index in [4.69, 9.17) is 9.40 Å². The minimum absolute atomic E-state index is 0. The number of pyridine rings is 2. The van der Waals surface area contributed by atoms with Crippen molar-refractivity contribution in [3.8, 4) is 22.5 Å². The summed E-state index contributed by atoms with van der Waals surface area (Å²) in [6.45, 7) is 2.08. The Morgan fingerprint density at radius 3 is 2.40 bits per heavy atom. The molecule has 0 aliphatic heterocycles. The zero-order valence-electron chi connectivity index (χ0n) is 21.5. The molecule has 8 rings (SSSR count). The van der Waals surface area contributed by atoms with Crippen LogP contribution in [0.5, 0.6) is 0 Å². The van der Waals surface area contributed by atoms with Crippen molar-refractivity contribution < 1.29 is 24.5 Å². The van der Waals surface area contributed by atoms with Gasteiger partial charge in [-0.25, -0.2) is 0 Å². The van der Waals surface area contributed by atoms with Gasteiger partial charge in [0.25, 0.3) is 0 Å². The molecular formula is C35H22IrN2OS-2. The predicted octanol–water partition coefficient (Wildman–Crippen LogP) is 9.67. The van der Waals surface area contributed by atoms with Gasteiger partial charge in [-0.05, 0) is 42.1 Å². The Bertz CT molecular complexity index is 2040. The Hall–Kier alpha value is -4.15. The molecule has 0 N–H and O–H groups in total.